The summed E-state index contributed by atoms with van der Waals surface area (Å²) in [6.07, 6.45) is -5.22. The van der Waals surface area contributed by atoms with Gasteiger partial charge in [-0.2, -0.15) is 0 Å². The molecule has 0 aliphatic carbocycles. The summed E-state index contributed by atoms with van der Waals surface area (Å²) in [5.74, 6) is 0.820. The third-order valence-electron chi connectivity index (χ3n) is 4.94. The highest BCUT2D eigenvalue weighted by Gasteiger charge is 2.32. The van der Waals surface area contributed by atoms with Gasteiger partial charge in [0.2, 0.25) is 6.29 Å². The summed E-state index contributed by atoms with van der Waals surface area (Å²) >= 11 is 0. The smallest absolute Gasteiger partial charge is 0.251 e. The van der Waals surface area contributed by atoms with Gasteiger partial charge in [-0.3, -0.25) is 0 Å². The van der Waals surface area contributed by atoms with Crippen LogP contribution in [-0.4, -0.2) is 58.6 Å². The first-order valence-corrected chi connectivity index (χ1v) is 9.87. The maximum atomic E-state index is 9.72. The van der Waals surface area contributed by atoms with E-state index in [1.54, 1.807) is 18.2 Å². The molecule has 0 spiro atoms. The molecule has 4 atom stereocenters. The molecule has 0 fully saturated rings. The van der Waals surface area contributed by atoms with E-state index in [1.807, 2.05) is 24.3 Å². The van der Waals surface area contributed by atoms with Crippen LogP contribution >= 0.6 is 0 Å². The Morgan fingerprint density at radius 2 is 1.83 bits per heavy atom. The Kier molecular flexibility index (Phi) is 7.65. The van der Waals surface area contributed by atoms with E-state index in [0.29, 0.717) is 11.3 Å². The second kappa shape index (κ2) is 10.2. The molecule has 8 heteroatoms. The van der Waals surface area contributed by atoms with E-state index < -0.39 is 37.5 Å². The van der Waals surface area contributed by atoms with Crippen LogP contribution in [0.2, 0.25) is 0 Å². The molecule has 1 aliphatic rings. The highest BCUT2D eigenvalue weighted by molar-refractivity contribution is 5.50. The van der Waals surface area contributed by atoms with Gasteiger partial charge in [0.05, 0.1) is 18.3 Å². The summed E-state index contributed by atoms with van der Waals surface area (Å²) in [6.45, 7) is 3.04. The van der Waals surface area contributed by atoms with E-state index in [9.17, 15) is 20.4 Å². The average Bonchev–Trinajstić information content (AvgIpc) is 2.75. The topological polar surface area (TPSA) is 118 Å². The monoisotopic (exact) mass is 420 g/mol. The number of aliphatic hydroxyl groups excluding tert-OH is 3. The molecule has 1 heterocycles. The van der Waals surface area contributed by atoms with Crippen molar-refractivity contribution in [2.75, 3.05) is 13.4 Å². The van der Waals surface area contributed by atoms with Gasteiger partial charge in [0.25, 0.3) is 6.29 Å². The molecule has 30 heavy (non-hydrogen) atoms. The van der Waals surface area contributed by atoms with Crippen LogP contribution in [0.25, 0.3) is 0 Å². The number of rotatable bonds is 9. The van der Waals surface area contributed by atoms with Crippen molar-refractivity contribution in [1.29, 1.82) is 0 Å². The van der Waals surface area contributed by atoms with Crippen molar-refractivity contribution < 1.29 is 39.4 Å². The zero-order valence-corrected chi connectivity index (χ0v) is 17.0. The first-order valence-electron chi connectivity index (χ1n) is 9.87. The van der Waals surface area contributed by atoms with E-state index in [1.165, 1.54) is 12.5 Å². The van der Waals surface area contributed by atoms with Crippen molar-refractivity contribution in [3.05, 3.63) is 59.2 Å². The number of fused-ring (bicyclic) bond motifs is 1. The van der Waals surface area contributed by atoms with Crippen molar-refractivity contribution in [2.45, 2.75) is 51.2 Å². The summed E-state index contributed by atoms with van der Waals surface area (Å²) in [7, 11) is 0. The van der Waals surface area contributed by atoms with Crippen molar-refractivity contribution in [3.63, 3.8) is 0 Å². The summed E-state index contributed by atoms with van der Waals surface area (Å²) in [4.78, 5) is 0. The molecule has 2 aromatic rings. The normalized spacial score (nSPS) is 19.0. The summed E-state index contributed by atoms with van der Waals surface area (Å²) in [6, 6.07) is 13.1. The Morgan fingerprint density at radius 1 is 1.10 bits per heavy atom. The molecule has 0 bridgehead atoms. The Bertz CT molecular complexity index is 805. The second-order valence-corrected chi connectivity index (χ2v) is 7.07. The van der Waals surface area contributed by atoms with Crippen LogP contribution in [0.5, 0.6) is 11.5 Å². The van der Waals surface area contributed by atoms with Gasteiger partial charge in [0, 0.05) is 0 Å². The molecule has 1 aliphatic heterocycles. The van der Waals surface area contributed by atoms with Crippen LogP contribution in [0.3, 0.4) is 0 Å². The van der Waals surface area contributed by atoms with Gasteiger partial charge in [-0.1, -0.05) is 37.3 Å². The fraction of sp³-hybridized carbons (Fsp3) is 0.455. The van der Waals surface area contributed by atoms with Crippen LogP contribution < -0.4 is 9.47 Å². The third-order valence-corrected chi connectivity index (χ3v) is 4.94. The lowest BCUT2D eigenvalue weighted by molar-refractivity contribution is -0.251. The molecule has 4 unspecified atom stereocenters. The molecule has 0 saturated heterocycles. The Labute approximate surface area is 175 Å². The van der Waals surface area contributed by atoms with Gasteiger partial charge in [0.15, 0.2) is 6.79 Å². The summed E-state index contributed by atoms with van der Waals surface area (Å²) in [5, 5.41) is 38.5. The lowest BCUT2D eigenvalue weighted by atomic mass is 9.97. The number of aryl methyl sites for hydroxylation is 1. The van der Waals surface area contributed by atoms with Crippen LogP contribution in [0, 0.1) is 0 Å². The van der Waals surface area contributed by atoms with Crippen LogP contribution in [0.1, 0.15) is 36.6 Å². The first-order chi connectivity index (χ1) is 14.4. The maximum Gasteiger partial charge on any atom is 0.251 e. The molecular formula is C22H28O8. The minimum atomic E-state index is -2.01. The molecular weight excluding hydrogens is 392 g/mol. The number of ether oxygens (including phenoxy) is 4. The molecule has 2 aromatic carbocycles. The quantitative estimate of drug-likeness (QED) is 0.451. The van der Waals surface area contributed by atoms with E-state index in [2.05, 4.69) is 6.92 Å². The van der Waals surface area contributed by atoms with E-state index in [-0.39, 0.29) is 12.5 Å². The predicted molar refractivity (Wildman–Crippen MR) is 107 cm³/mol. The van der Waals surface area contributed by atoms with Crippen LogP contribution in [0.15, 0.2) is 42.5 Å². The second-order valence-electron chi connectivity index (χ2n) is 7.07. The SMILES string of the molecule is CCc1ccc(C2OCOc3cccc(OC(OC(CO)C(C)O)C(O)O)c32)cc1. The summed E-state index contributed by atoms with van der Waals surface area (Å²) in [5.41, 5.74) is 2.67. The number of hydrogen-bond donors (Lipinski definition) is 4. The lowest BCUT2D eigenvalue weighted by Crippen LogP contribution is -2.42. The van der Waals surface area contributed by atoms with Gasteiger partial charge < -0.3 is 39.4 Å². The summed E-state index contributed by atoms with van der Waals surface area (Å²) < 4.78 is 22.6. The fourth-order valence-electron chi connectivity index (χ4n) is 3.22. The molecule has 8 nitrogen and oxygen atoms in total. The number of hydrogen-bond acceptors (Lipinski definition) is 8. The number of aliphatic hydroxyl groups is 4. The number of benzene rings is 2. The molecule has 0 radical (unpaired) electrons. The van der Waals surface area contributed by atoms with E-state index in [4.69, 9.17) is 18.9 Å². The lowest BCUT2D eigenvalue weighted by Gasteiger charge is -2.31. The van der Waals surface area contributed by atoms with E-state index in [0.717, 1.165) is 12.0 Å². The van der Waals surface area contributed by atoms with Crippen molar-refractivity contribution in [3.8, 4) is 11.5 Å². The average molecular weight is 420 g/mol. The minimum absolute atomic E-state index is 0.0633. The standard InChI is InChI=1S/C22H28O8/c1-3-14-7-9-15(10-8-14)20-19-16(27-12-28-20)5-4-6-17(19)29-22(21(25)26)30-18(11-23)13(2)24/h4-10,13,18,20-26H,3,11-12H2,1-2H3. The molecule has 0 saturated carbocycles. The highest BCUT2D eigenvalue weighted by Crippen LogP contribution is 2.42. The largest absolute Gasteiger partial charge is 0.467 e. The zero-order valence-electron chi connectivity index (χ0n) is 17.0. The Morgan fingerprint density at radius 3 is 2.43 bits per heavy atom. The van der Waals surface area contributed by atoms with Crippen molar-refractivity contribution in [2.24, 2.45) is 0 Å². The Hall–Kier alpha value is -2.20. The molecule has 3 rings (SSSR count). The van der Waals surface area contributed by atoms with Gasteiger partial charge in [-0.15, -0.1) is 0 Å². The van der Waals surface area contributed by atoms with Gasteiger partial charge in [-0.05, 0) is 36.6 Å². The van der Waals surface area contributed by atoms with Crippen LogP contribution in [-0.2, 0) is 15.9 Å². The van der Waals surface area contributed by atoms with Gasteiger partial charge in [-0.25, -0.2) is 0 Å². The highest BCUT2D eigenvalue weighted by atomic mass is 16.7. The van der Waals surface area contributed by atoms with E-state index >= 15 is 0 Å². The van der Waals surface area contributed by atoms with Crippen molar-refractivity contribution >= 4 is 0 Å². The minimum Gasteiger partial charge on any atom is -0.467 e. The maximum absolute atomic E-state index is 9.72. The predicted octanol–water partition coefficient (Wildman–Crippen LogP) is 1.48. The van der Waals surface area contributed by atoms with Gasteiger partial charge >= 0.3 is 0 Å². The molecule has 0 amide bonds. The molecule has 0 aromatic heterocycles. The van der Waals surface area contributed by atoms with Crippen molar-refractivity contribution in [1.82, 2.24) is 0 Å². The third kappa shape index (κ3) is 5.10. The first kappa shape index (κ1) is 22.5. The molecule has 4 N–H and O–H groups in total. The van der Waals surface area contributed by atoms with Crippen LogP contribution in [0.4, 0.5) is 0 Å². The molecule has 164 valence electrons. The fourth-order valence-corrected chi connectivity index (χ4v) is 3.22. The Balaban J connectivity index is 1.92. The zero-order chi connectivity index (χ0) is 21.7. The van der Waals surface area contributed by atoms with Gasteiger partial charge in [0.1, 0.15) is 23.7 Å².